The molecule has 0 aliphatic carbocycles. The molecule has 1 heterocycles. The molecule has 0 atom stereocenters. The molecule has 7 heteroatoms. The highest BCUT2D eigenvalue weighted by Crippen LogP contribution is 2.29. The maximum atomic E-state index is 13.0. The third-order valence-corrected chi connectivity index (χ3v) is 6.46. The topological polar surface area (TPSA) is 68.3 Å². The van der Waals surface area contributed by atoms with Crippen molar-refractivity contribution in [3.05, 3.63) is 89.5 Å². The third kappa shape index (κ3) is 7.46. The molecule has 1 aliphatic rings. The van der Waals surface area contributed by atoms with Gasteiger partial charge in [0.1, 0.15) is 12.4 Å². The molecule has 0 radical (unpaired) electrons. The normalized spacial score (nSPS) is 13.9. The van der Waals surface area contributed by atoms with Crippen molar-refractivity contribution in [1.29, 1.82) is 0 Å². The van der Waals surface area contributed by atoms with Crippen LogP contribution in [0.15, 0.2) is 72.8 Å². The predicted octanol–water partition coefficient (Wildman–Crippen LogP) is 4.78. The summed E-state index contributed by atoms with van der Waals surface area (Å²) in [5.41, 5.74) is 3.80. The number of rotatable bonds is 10. The van der Waals surface area contributed by atoms with E-state index in [1.165, 1.54) is 14.0 Å². The van der Waals surface area contributed by atoms with E-state index in [1.807, 2.05) is 36.4 Å². The molecule has 38 heavy (non-hydrogen) atoms. The molecule has 198 valence electrons. The van der Waals surface area contributed by atoms with Gasteiger partial charge in [0.25, 0.3) is 0 Å². The zero-order valence-corrected chi connectivity index (χ0v) is 22.2. The maximum absolute atomic E-state index is 13.0. The number of likely N-dealkylation sites (N-methyl/N-ethyl adjacent to an activating group) is 1. The molecule has 0 spiro atoms. The molecular formula is C31H34N2O5. The van der Waals surface area contributed by atoms with E-state index < -0.39 is 5.97 Å². The predicted molar refractivity (Wildman–Crippen MR) is 149 cm³/mol. The number of carbonyl (C=O) groups is 2. The summed E-state index contributed by atoms with van der Waals surface area (Å²) in [7, 11) is 3.65. The Bertz CT molecular complexity index is 1280. The molecule has 0 bridgehead atoms. The molecule has 3 aromatic rings. The van der Waals surface area contributed by atoms with Gasteiger partial charge in [-0.1, -0.05) is 36.4 Å². The highest BCUT2D eigenvalue weighted by molar-refractivity contribution is 5.95. The lowest BCUT2D eigenvalue weighted by atomic mass is 10.0. The molecule has 3 aromatic carbocycles. The minimum absolute atomic E-state index is 0.0387. The lowest BCUT2D eigenvalue weighted by Gasteiger charge is -2.34. The second-order valence-electron chi connectivity index (χ2n) is 9.33. The average molecular weight is 515 g/mol. The summed E-state index contributed by atoms with van der Waals surface area (Å²) in [5, 5.41) is 0. The number of esters is 1. The Kier molecular flexibility index (Phi) is 9.16. The Morgan fingerprint density at radius 1 is 0.895 bits per heavy atom. The summed E-state index contributed by atoms with van der Waals surface area (Å²) in [5.74, 6) is 1.08. The molecule has 4 rings (SSSR count). The van der Waals surface area contributed by atoms with Crippen LogP contribution in [-0.4, -0.2) is 57.0 Å². The molecule has 1 fully saturated rings. The highest BCUT2D eigenvalue weighted by atomic mass is 16.6. The van der Waals surface area contributed by atoms with Gasteiger partial charge in [0.05, 0.1) is 7.11 Å². The number of allylic oxidation sites excluding steroid dienone is 1. The van der Waals surface area contributed by atoms with Crippen molar-refractivity contribution in [2.24, 2.45) is 0 Å². The highest BCUT2D eigenvalue weighted by Gasteiger charge is 2.17. The van der Waals surface area contributed by atoms with Gasteiger partial charge >= 0.3 is 5.97 Å². The average Bonchev–Trinajstić information content (AvgIpc) is 2.92. The molecule has 7 nitrogen and oxygen atoms in total. The fourth-order valence-corrected chi connectivity index (χ4v) is 4.33. The Labute approximate surface area is 224 Å². The number of methoxy groups -OCH3 is 1. The standard InChI is InChI=1S/C31H34N2O5/c1-23(34)38-31-19-24(10-14-30(31)36-3)9-13-28(35)21-25-11-12-27(33-17-15-32(2)16-18-33)20-26(25)22-37-29-7-5-4-6-8-29/h4-14,19-20H,15-18,21-22H2,1-3H3/b13-9+. The van der Waals surface area contributed by atoms with Crippen LogP contribution < -0.4 is 19.1 Å². The van der Waals surface area contributed by atoms with Gasteiger partial charge in [0.15, 0.2) is 17.3 Å². The quantitative estimate of drug-likeness (QED) is 0.219. The molecule has 0 N–H and O–H groups in total. The molecule has 1 aliphatic heterocycles. The van der Waals surface area contributed by atoms with Gasteiger partial charge in [-0.3, -0.25) is 9.59 Å². The van der Waals surface area contributed by atoms with E-state index in [0.717, 1.165) is 54.3 Å². The van der Waals surface area contributed by atoms with Gasteiger partial charge in [-0.25, -0.2) is 0 Å². The van der Waals surface area contributed by atoms with E-state index in [1.54, 1.807) is 30.4 Å². The summed E-state index contributed by atoms with van der Waals surface area (Å²) in [6.45, 7) is 5.68. The summed E-state index contributed by atoms with van der Waals surface area (Å²) in [6, 6.07) is 21.2. The van der Waals surface area contributed by atoms with Crippen molar-refractivity contribution in [3.63, 3.8) is 0 Å². The van der Waals surface area contributed by atoms with Crippen LogP contribution in [0.1, 0.15) is 23.6 Å². The number of hydrogen-bond donors (Lipinski definition) is 0. The summed E-state index contributed by atoms with van der Waals surface area (Å²) in [6.07, 6.45) is 3.52. The number of para-hydroxylation sites is 1. The zero-order valence-electron chi connectivity index (χ0n) is 22.2. The van der Waals surface area contributed by atoms with Gasteiger partial charge in [-0.05, 0) is 66.2 Å². The van der Waals surface area contributed by atoms with Crippen LogP contribution in [0.25, 0.3) is 6.08 Å². The number of hydrogen-bond acceptors (Lipinski definition) is 7. The summed E-state index contributed by atoms with van der Waals surface area (Å²) in [4.78, 5) is 29.1. The summed E-state index contributed by atoms with van der Waals surface area (Å²) < 4.78 is 16.5. The first-order chi connectivity index (χ1) is 18.4. The van der Waals surface area contributed by atoms with Crippen LogP contribution in [-0.2, 0) is 22.6 Å². The van der Waals surface area contributed by atoms with Crippen molar-refractivity contribution in [2.75, 3.05) is 45.2 Å². The van der Waals surface area contributed by atoms with Crippen molar-refractivity contribution < 1.29 is 23.8 Å². The Morgan fingerprint density at radius 2 is 1.66 bits per heavy atom. The number of benzene rings is 3. The molecular weight excluding hydrogens is 480 g/mol. The van der Waals surface area contributed by atoms with Gasteiger partial charge in [0, 0.05) is 45.2 Å². The molecule has 0 saturated carbocycles. The Morgan fingerprint density at radius 3 is 2.37 bits per heavy atom. The fourth-order valence-electron chi connectivity index (χ4n) is 4.33. The molecule has 0 aromatic heterocycles. The van der Waals surface area contributed by atoms with Crippen LogP contribution in [0.4, 0.5) is 5.69 Å². The van der Waals surface area contributed by atoms with Crippen molar-refractivity contribution in [3.8, 4) is 17.2 Å². The van der Waals surface area contributed by atoms with E-state index in [9.17, 15) is 9.59 Å². The second kappa shape index (κ2) is 12.9. The zero-order chi connectivity index (χ0) is 26.9. The third-order valence-electron chi connectivity index (χ3n) is 6.46. The lowest BCUT2D eigenvalue weighted by molar-refractivity contribution is -0.132. The van der Waals surface area contributed by atoms with Gasteiger partial charge < -0.3 is 24.0 Å². The summed E-state index contributed by atoms with van der Waals surface area (Å²) >= 11 is 0. The number of nitrogens with zero attached hydrogens (tertiary/aromatic N) is 2. The van der Waals surface area contributed by atoms with Crippen LogP contribution in [0.2, 0.25) is 0 Å². The first-order valence-corrected chi connectivity index (χ1v) is 12.7. The first kappa shape index (κ1) is 26.9. The van der Waals surface area contributed by atoms with Crippen LogP contribution in [0.3, 0.4) is 0 Å². The van der Waals surface area contributed by atoms with Crippen molar-refractivity contribution >= 4 is 23.5 Å². The van der Waals surface area contributed by atoms with Gasteiger partial charge in [-0.2, -0.15) is 0 Å². The molecule has 1 saturated heterocycles. The number of piperazine rings is 1. The van der Waals surface area contributed by atoms with E-state index in [2.05, 4.69) is 29.0 Å². The molecule has 0 unspecified atom stereocenters. The van der Waals surface area contributed by atoms with Crippen molar-refractivity contribution in [1.82, 2.24) is 4.90 Å². The maximum Gasteiger partial charge on any atom is 0.308 e. The fraction of sp³-hybridized carbons (Fsp3) is 0.290. The van der Waals surface area contributed by atoms with E-state index in [-0.39, 0.29) is 12.2 Å². The Hall–Kier alpha value is -4.10. The number of ketones is 1. The SMILES string of the molecule is COc1ccc(/C=C/C(=O)Cc2ccc(N3CCN(C)CC3)cc2COc2ccccc2)cc1OC(C)=O. The number of anilines is 1. The van der Waals surface area contributed by atoms with Gasteiger partial charge in [-0.15, -0.1) is 0 Å². The van der Waals surface area contributed by atoms with E-state index >= 15 is 0 Å². The minimum atomic E-state index is -0.439. The van der Waals surface area contributed by atoms with Crippen LogP contribution in [0, 0.1) is 0 Å². The van der Waals surface area contributed by atoms with E-state index in [0.29, 0.717) is 18.1 Å². The largest absolute Gasteiger partial charge is 0.493 e. The number of carbonyl (C=O) groups excluding carboxylic acids is 2. The van der Waals surface area contributed by atoms with Gasteiger partial charge in [0.2, 0.25) is 0 Å². The first-order valence-electron chi connectivity index (χ1n) is 12.7. The molecule has 0 amide bonds. The van der Waals surface area contributed by atoms with E-state index in [4.69, 9.17) is 14.2 Å². The monoisotopic (exact) mass is 514 g/mol. The van der Waals surface area contributed by atoms with Crippen molar-refractivity contribution in [2.45, 2.75) is 20.0 Å². The van der Waals surface area contributed by atoms with Crippen LogP contribution >= 0.6 is 0 Å². The minimum Gasteiger partial charge on any atom is -0.493 e. The number of ether oxygens (including phenoxy) is 3. The second-order valence-corrected chi connectivity index (χ2v) is 9.33. The van der Waals surface area contributed by atoms with Crippen LogP contribution in [0.5, 0.6) is 17.2 Å². The lowest BCUT2D eigenvalue weighted by Crippen LogP contribution is -2.44. The smallest absolute Gasteiger partial charge is 0.308 e. The Balaban J connectivity index is 1.50.